The third-order valence-corrected chi connectivity index (χ3v) is 10.5. The lowest BCUT2D eigenvalue weighted by molar-refractivity contribution is 0.0661. The minimum Gasteiger partial charge on any atom is -0.340 e. The van der Waals surface area contributed by atoms with E-state index in [0.29, 0.717) is 36.8 Å². The van der Waals surface area contributed by atoms with Crippen molar-refractivity contribution in [1.29, 1.82) is 0 Å². The molecule has 2 unspecified atom stereocenters. The van der Waals surface area contributed by atoms with Crippen molar-refractivity contribution in [3.63, 3.8) is 0 Å². The molecule has 2 atom stereocenters. The average Bonchev–Trinajstić information content (AvgIpc) is 3.40. The predicted octanol–water partition coefficient (Wildman–Crippen LogP) is 8.87. The van der Waals surface area contributed by atoms with Gasteiger partial charge >= 0.3 is 0 Å². The molecule has 0 aliphatic heterocycles. The number of rotatable bonds is 15. The highest BCUT2D eigenvalue weighted by Gasteiger charge is 2.41. The van der Waals surface area contributed by atoms with Gasteiger partial charge in [-0.2, -0.15) is 0 Å². The molecule has 246 valence electrons. The number of hydrogen-bond donors (Lipinski definition) is 0. The number of fused-ring (bicyclic) bond motifs is 3. The summed E-state index contributed by atoms with van der Waals surface area (Å²) < 4.78 is 2.36. The summed E-state index contributed by atoms with van der Waals surface area (Å²) in [4.78, 5) is 33.4. The Bertz CT molecular complexity index is 1710. The summed E-state index contributed by atoms with van der Waals surface area (Å²) in [5.41, 5.74) is 4.54. The van der Waals surface area contributed by atoms with Crippen LogP contribution >= 0.6 is 0 Å². The van der Waals surface area contributed by atoms with Gasteiger partial charge in [0.05, 0.1) is 11.1 Å². The first kappa shape index (κ1) is 34.3. The number of Topliss-reactive ketones (excluding diaryl/α,β-unsaturated/α-hetero) is 2. The summed E-state index contributed by atoms with van der Waals surface area (Å²) in [5, 5.41) is 2.05. The second kappa shape index (κ2) is 14.4. The highest BCUT2D eigenvalue weighted by Crippen LogP contribution is 2.36. The first-order valence-corrected chi connectivity index (χ1v) is 17.2. The number of likely N-dealkylation sites (N-methyl/N-ethyl adjacent to an activating group) is 2. The van der Waals surface area contributed by atoms with Crippen molar-refractivity contribution in [2.45, 2.75) is 76.9 Å². The van der Waals surface area contributed by atoms with Crippen molar-refractivity contribution >= 4 is 33.4 Å². The maximum atomic E-state index is 14.6. The van der Waals surface area contributed by atoms with E-state index in [0.717, 1.165) is 52.3 Å². The molecule has 0 N–H and O–H groups in total. The van der Waals surface area contributed by atoms with Crippen molar-refractivity contribution in [3.05, 3.63) is 119 Å². The zero-order chi connectivity index (χ0) is 33.8. The molecule has 0 spiro atoms. The van der Waals surface area contributed by atoms with E-state index in [9.17, 15) is 9.59 Å². The topological polar surface area (TPSA) is 45.6 Å². The standard InChI is InChI=1S/C42H51N3O2/c1-8-11-26-45-37-24-22-33(39(46)41(9-2,43(4)5)29-31-18-14-12-15-19-31)27-35(37)36-28-34(23-25-38(36)45)40(47)42(10-3,44(6)7)30-32-20-16-13-17-21-32/h12-25,27-28H,8-11,26,29-30H2,1-7H3. The van der Waals surface area contributed by atoms with Gasteiger partial charge in [0.1, 0.15) is 0 Å². The molecule has 0 aliphatic rings. The second-order valence-electron chi connectivity index (χ2n) is 13.5. The Kier molecular flexibility index (Phi) is 10.5. The number of aryl methyl sites for hydroxylation is 1. The molecule has 5 heteroatoms. The summed E-state index contributed by atoms with van der Waals surface area (Å²) in [5.74, 6) is 0.246. The van der Waals surface area contributed by atoms with Crippen molar-refractivity contribution < 1.29 is 9.59 Å². The van der Waals surface area contributed by atoms with Crippen LogP contribution in [0.15, 0.2) is 97.1 Å². The fourth-order valence-electron chi connectivity index (χ4n) is 7.43. The number of benzene rings is 4. The summed E-state index contributed by atoms with van der Waals surface area (Å²) in [7, 11) is 8.05. The molecule has 5 aromatic rings. The molecule has 0 fully saturated rings. The number of nitrogens with zero attached hydrogens (tertiary/aromatic N) is 3. The van der Waals surface area contributed by atoms with E-state index < -0.39 is 11.1 Å². The lowest BCUT2D eigenvalue weighted by Gasteiger charge is -2.38. The zero-order valence-electron chi connectivity index (χ0n) is 29.3. The van der Waals surface area contributed by atoms with Gasteiger partial charge in [0.25, 0.3) is 0 Å². The smallest absolute Gasteiger partial charge is 0.183 e. The Morgan fingerprint density at radius 3 is 1.34 bits per heavy atom. The van der Waals surface area contributed by atoms with Crippen LogP contribution < -0.4 is 0 Å². The van der Waals surface area contributed by atoms with E-state index in [4.69, 9.17) is 0 Å². The zero-order valence-corrected chi connectivity index (χ0v) is 29.3. The van der Waals surface area contributed by atoms with Crippen LogP contribution in [0.3, 0.4) is 0 Å². The first-order valence-electron chi connectivity index (χ1n) is 17.2. The van der Waals surface area contributed by atoms with Gasteiger partial charge in [-0.1, -0.05) is 87.9 Å². The number of carbonyl (C=O) groups excluding carboxylic acids is 2. The van der Waals surface area contributed by atoms with Gasteiger partial charge in [-0.25, -0.2) is 0 Å². The Morgan fingerprint density at radius 2 is 1.00 bits per heavy atom. The fourth-order valence-corrected chi connectivity index (χ4v) is 7.43. The van der Waals surface area contributed by atoms with E-state index in [1.54, 1.807) is 0 Å². The Morgan fingerprint density at radius 1 is 0.596 bits per heavy atom. The van der Waals surface area contributed by atoms with Gasteiger partial charge < -0.3 is 4.57 Å². The van der Waals surface area contributed by atoms with Crippen LogP contribution in [0.1, 0.15) is 78.3 Å². The maximum absolute atomic E-state index is 14.6. The van der Waals surface area contributed by atoms with Gasteiger partial charge in [-0.15, -0.1) is 0 Å². The quantitative estimate of drug-likeness (QED) is 0.109. The Hall–Kier alpha value is -4.06. The predicted molar refractivity (Wildman–Crippen MR) is 197 cm³/mol. The number of unbranched alkanes of at least 4 members (excludes halogenated alkanes) is 1. The molecule has 1 heterocycles. The normalized spacial score (nSPS) is 14.5. The number of carbonyl (C=O) groups is 2. The van der Waals surface area contributed by atoms with Gasteiger partial charge in [0.2, 0.25) is 0 Å². The van der Waals surface area contributed by atoms with Crippen molar-refractivity contribution in [3.8, 4) is 0 Å². The molecule has 0 saturated heterocycles. The van der Waals surface area contributed by atoms with Crippen molar-refractivity contribution in [2.24, 2.45) is 0 Å². The summed E-state index contributed by atoms with van der Waals surface area (Å²) in [6.45, 7) is 7.30. The molecule has 0 saturated carbocycles. The average molecular weight is 630 g/mol. The molecule has 1 aromatic heterocycles. The molecular weight excluding hydrogens is 578 g/mol. The molecule has 0 bridgehead atoms. The molecule has 0 radical (unpaired) electrons. The van der Waals surface area contributed by atoms with Crippen molar-refractivity contribution in [1.82, 2.24) is 14.4 Å². The van der Waals surface area contributed by atoms with E-state index in [2.05, 4.69) is 83.7 Å². The second-order valence-corrected chi connectivity index (χ2v) is 13.5. The third kappa shape index (κ3) is 6.44. The Labute approximate surface area is 281 Å². The lowest BCUT2D eigenvalue weighted by Crippen LogP contribution is -2.52. The minimum atomic E-state index is -0.680. The van der Waals surface area contributed by atoms with Crippen LogP contribution in [0.2, 0.25) is 0 Å². The number of aromatic nitrogens is 1. The first-order chi connectivity index (χ1) is 22.6. The molecule has 0 amide bonds. The van der Waals surface area contributed by atoms with Crippen LogP contribution in [0.5, 0.6) is 0 Å². The highest BCUT2D eigenvalue weighted by molar-refractivity contribution is 6.15. The molecule has 5 rings (SSSR count). The van der Waals surface area contributed by atoms with Crippen LogP contribution in [0.4, 0.5) is 0 Å². The van der Waals surface area contributed by atoms with Crippen LogP contribution in [0.25, 0.3) is 21.8 Å². The van der Waals surface area contributed by atoms with Gasteiger partial charge in [-0.3, -0.25) is 19.4 Å². The Balaban J connectivity index is 1.65. The van der Waals surface area contributed by atoms with Crippen LogP contribution in [-0.4, -0.2) is 65.2 Å². The van der Waals surface area contributed by atoms with Gasteiger partial charge in [0, 0.05) is 39.5 Å². The highest BCUT2D eigenvalue weighted by atomic mass is 16.1. The summed E-state index contributed by atoms with van der Waals surface area (Å²) in [6, 6.07) is 33.0. The van der Waals surface area contributed by atoms with Gasteiger partial charge in [0.15, 0.2) is 11.6 Å². The fraction of sp³-hybridized carbons (Fsp3) is 0.381. The SMILES string of the molecule is CCCCn1c2ccc(C(=O)C(CC)(Cc3ccccc3)N(C)C)cc2c2cc(C(=O)C(CC)(Cc3ccccc3)N(C)C)ccc21. The third-order valence-electron chi connectivity index (χ3n) is 10.5. The van der Waals surface area contributed by atoms with Crippen molar-refractivity contribution in [2.75, 3.05) is 28.2 Å². The molecule has 47 heavy (non-hydrogen) atoms. The van der Waals surface area contributed by atoms with Crippen LogP contribution in [-0.2, 0) is 19.4 Å². The van der Waals surface area contributed by atoms with Gasteiger partial charge in [-0.05, 0) is 108 Å². The van der Waals surface area contributed by atoms with E-state index in [1.807, 2.05) is 76.7 Å². The molecule has 5 nitrogen and oxygen atoms in total. The summed E-state index contributed by atoms with van der Waals surface area (Å²) in [6.07, 6.45) is 4.78. The minimum absolute atomic E-state index is 0.123. The van der Waals surface area contributed by atoms with E-state index >= 15 is 0 Å². The molecular formula is C42H51N3O2. The summed E-state index contributed by atoms with van der Waals surface area (Å²) >= 11 is 0. The van der Waals surface area contributed by atoms with Crippen LogP contribution in [0, 0.1) is 0 Å². The van der Waals surface area contributed by atoms with E-state index in [-0.39, 0.29) is 11.6 Å². The van der Waals surface area contributed by atoms with E-state index in [1.165, 1.54) is 0 Å². The molecule has 4 aromatic carbocycles. The lowest BCUT2D eigenvalue weighted by atomic mass is 9.79. The monoisotopic (exact) mass is 629 g/mol. The number of hydrogen-bond acceptors (Lipinski definition) is 4. The maximum Gasteiger partial charge on any atom is 0.183 e. The largest absolute Gasteiger partial charge is 0.340 e. The molecule has 0 aliphatic carbocycles. The number of ketones is 2.